The first kappa shape index (κ1) is 13.5. The number of carbonyl (C=O) groups is 1. The van der Waals surface area contributed by atoms with Crippen molar-refractivity contribution in [1.29, 1.82) is 0 Å². The fourth-order valence-electron chi connectivity index (χ4n) is 2.50. The van der Waals surface area contributed by atoms with Crippen LogP contribution in [0.1, 0.15) is 23.3 Å². The average molecular weight is 321 g/mol. The van der Waals surface area contributed by atoms with Gasteiger partial charge in [-0.1, -0.05) is 11.6 Å². The van der Waals surface area contributed by atoms with Crippen molar-refractivity contribution in [3.63, 3.8) is 0 Å². The van der Waals surface area contributed by atoms with E-state index in [1.807, 2.05) is 0 Å². The zero-order valence-corrected chi connectivity index (χ0v) is 12.3. The third-order valence-electron chi connectivity index (χ3n) is 4.14. The molecule has 114 valence electrons. The van der Waals surface area contributed by atoms with E-state index in [0.717, 1.165) is 12.8 Å². The van der Waals surface area contributed by atoms with E-state index in [-0.39, 0.29) is 11.1 Å². The van der Waals surface area contributed by atoms with Gasteiger partial charge in [0, 0.05) is 17.0 Å². The lowest BCUT2D eigenvalue weighted by atomic mass is 10.1. The predicted molar refractivity (Wildman–Crippen MR) is 78.7 cm³/mol. The average Bonchev–Trinajstić information content (AvgIpc) is 3.14. The van der Waals surface area contributed by atoms with E-state index in [1.165, 1.54) is 6.07 Å². The first-order chi connectivity index (χ1) is 10.6. The summed E-state index contributed by atoms with van der Waals surface area (Å²) in [5.41, 5.74) is 1.22. The molecular formula is C15H13ClN2O4. The van der Waals surface area contributed by atoms with Crippen molar-refractivity contribution in [2.45, 2.75) is 12.8 Å². The number of halogens is 1. The molecule has 4 rings (SSSR count). The van der Waals surface area contributed by atoms with Crippen molar-refractivity contribution in [1.82, 2.24) is 10.2 Å². The maximum absolute atomic E-state index is 10.9. The van der Waals surface area contributed by atoms with Crippen LogP contribution in [0, 0.1) is 5.41 Å². The van der Waals surface area contributed by atoms with Crippen LogP contribution in [-0.2, 0) is 0 Å². The lowest BCUT2D eigenvalue weighted by Gasteiger charge is -2.10. The van der Waals surface area contributed by atoms with Gasteiger partial charge in [0.15, 0.2) is 11.5 Å². The number of nitrogens with one attached hydrogen (secondary N) is 1. The Bertz CT molecular complexity index is 767. The molecule has 0 unspecified atom stereocenters. The van der Waals surface area contributed by atoms with Crippen LogP contribution in [0.3, 0.4) is 0 Å². The first-order valence-electron chi connectivity index (χ1n) is 6.95. The van der Waals surface area contributed by atoms with Gasteiger partial charge in [-0.15, -0.1) is 0 Å². The van der Waals surface area contributed by atoms with Crippen molar-refractivity contribution in [2.24, 2.45) is 5.41 Å². The van der Waals surface area contributed by atoms with E-state index in [4.69, 9.17) is 26.2 Å². The Morgan fingerprint density at radius 3 is 2.50 bits per heavy atom. The summed E-state index contributed by atoms with van der Waals surface area (Å²) in [5.74, 6) is 0.162. The Morgan fingerprint density at radius 2 is 1.91 bits per heavy atom. The van der Waals surface area contributed by atoms with Crippen LogP contribution in [0.15, 0.2) is 18.2 Å². The molecule has 22 heavy (non-hydrogen) atoms. The van der Waals surface area contributed by atoms with E-state index in [9.17, 15) is 4.79 Å². The minimum absolute atomic E-state index is 0.00936. The molecule has 2 heterocycles. The number of rotatable bonds is 2. The summed E-state index contributed by atoms with van der Waals surface area (Å²) < 4.78 is 11.7. The molecule has 2 aromatic rings. The molecule has 0 atom stereocenters. The van der Waals surface area contributed by atoms with Gasteiger partial charge >= 0.3 is 5.97 Å². The zero-order chi connectivity index (χ0) is 15.3. The van der Waals surface area contributed by atoms with Crippen LogP contribution in [0.2, 0.25) is 5.02 Å². The summed E-state index contributed by atoms with van der Waals surface area (Å²) in [6, 6.07) is 4.89. The van der Waals surface area contributed by atoms with Crippen LogP contribution in [0.25, 0.3) is 11.3 Å². The lowest BCUT2D eigenvalue weighted by Crippen LogP contribution is -2.17. The number of aromatic amines is 1. The molecule has 1 aliphatic heterocycles. The zero-order valence-electron chi connectivity index (χ0n) is 11.6. The van der Waals surface area contributed by atoms with Gasteiger partial charge in [0.2, 0.25) is 0 Å². The highest BCUT2D eigenvalue weighted by Gasteiger charge is 2.46. The molecule has 0 amide bonds. The first-order valence-corrected chi connectivity index (χ1v) is 7.32. The standard InChI is InChI=1S/C15H13ClN2O4/c16-9-4-13-12(21-6-15(1-2-15)7-22-13)3-8(9)10-5-11(14(19)20)18-17-10/h3-5H,1-2,6-7H2,(H,17,18)(H,19,20). The molecule has 0 saturated heterocycles. The summed E-state index contributed by atoms with van der Waals surface area (Å²) in [5, 5.41) is 15.9. The highest BCUT2D eigenvalue weighted by Crippen LogP contribution is 2.50. The highest BCUT2D eigenvalue weighted by molar-refractivity contribution is 6.33. The van der Waals surface area contributed by atoms with E-state index in [2.05, 4.69) is 10.2 Å². The van der Waals surface area contributed by atoms with Gasteiger partial charge in [-0.3, -0.25) is 5.10 Å². The minimum Gasteiger partial charge on any atom is -0.489 e. The number of carboxylic acid groups (broad SMARTS) is 1. The summed E-state index contributed by atoms with van der Waals surface area (Å²) in [4.78, 5) is 10.9. The molecule has 2 N–H and O–H groups in total. The lowest BCUT2D eigenvalue weighted by molar-refractivity contribution is 0.0690. The van der Waals surface area contributed by atoms with E-state index in [1.54, 1.807) is 12.1 Å². The topological polar surface area (TPSA) is 84.4 Å². The molecule has 2 aliphatic rings. The molecule has 1 aromatic carbocycles. The number of aromatic carboxylic acids is 1. The fraction of sp³-hybridized carbons (Fsp3) is 0.333. The van der Waals surface area contributed by atoms with Crippen LogP contribution in [-0.4, -0.2) is 34.5 Å². The molecule has 1 aromatic heterocycles. The molecule has 0 radical (unpaired) electrons. The van der Waals surface area contributed by atoms with Gasteiger partial charge in [0.05, 0.1) is 23.9 Å². The normalized spacial score (nSPS) is 18.0. The second-order valence-corrected chi connectivity index (χ2v) is 6.24. The Morgan fingerprint density at radius 1 is 1.23 bits per heavy atom. The summed E-state index contributed by atoms with van der Waals surface area (Å²) in [7, 11) is 0. The molecular weight excluding hydrogens is 308 g/mol. The summed E-state index contributed by atoms with van der Waals surface area (Å²) in [6.45, 7) is 1.27. The monoisotopic (exact) mass is 320 g/mol. The van der Waals surface area contributed by atoms with Crippen molar-refractivity contribution in [2.75, 3.05) is 13.2 Å². The Hall–Kier alpha value is -2.21. The summed E-state index contributed by atoms with van der Waals surface area (Å²) >= 11 is 6.29. The smallest absolute Gasteiger partial charge is 0.353 e. The van der Waals surface area contributed by atoms with Crippen LogP contribution < -0.4 is 9.47 Å². The fourth-order valence-corrected chi connectivity index (χ4v) is 2.75. The van der Waals surface area contributed by atoms with E-state index in [0.29, 0.717) is 41.0 Å². The van der Waals surface area contributed by atoms with Gasteiger partial charge in [0.1, 0.15) is 5.69 Å². The predicted octanol–water partition coefficient (Wildman–Crippen LogP) is 2.98. The quantitative estimate of drug-likeness (QED) is 0.888. The van der Waals surface area contributed by atoms with Gasteiger partial charge in [-0.05, 0) is 25.0 Å². The van der Waals surface area contributed by atoms with Crippen molar-refractivity contribution < 1.29 is 19.4 Å². The van der Waals surface area contributed by atoms with Gasteiger partial charge < -0.3 is 14.6 Å². The number of benzene rings is 1. The van der Waals surface area contributed by atoms with Crippen LogP contribution >= 0.6 is 11.6 Å². The van der Waals surface area contributed by atoms with E-state index >= 15 is 0 Å². The molecule has 1 saturated carbocycles. The minimum atomic E-state index is -1.07. The highest BCUT2D eigenvalue weighted by atomic mass is 35.5. The van der Waals surface area contributed by atoms with E-state index < -0.39 is 5.97 Å². The van der Waals surface area contributed by atoms with Crippen molar-refractivity contribution >= 4 is 17.6 Å². The number of H-pyrrole nitrogens is 1. The number of nitrogens with zero attached hydrogens (tertiary/aromatic N) is 1. The number of fused-ring (bicyclic) bond motifs is 1. The summed E-state index contributed by atoms with van der Waals surface area (Å²) in [6.07, 6.45) is 2.23. The molecule has 1 aliphatic carbocycles. The third kappa shape index (κ3) is 2.20. The van der Waals surface area contributed by atoms with Gasteiger partial charge in [-0.25, -0.2) is 4.79 Å². The number of hydrogen-bond acceptors (Lipinski definition) is 4. The second kappa shape index (κ2) is 4.64. The maximum Gasteiger partial charge on any atom is 0.353 e. The van der Waals surface area contributed by atoms with Crippen molar-refractivity contribution in [3.05, 3.63) is 28.9 Å². The van der Waals surface area contributed by atoms with Crippen LogP contribution in [0.5, 0.6) is 11.5 Å². The second-order valence-electron chi connectivity index (χ2n) is 5.83. The Kier molecular flexibility index (Phi) is 2.84. The van der Waals surface area contributed by atoms with Crippen molar-refractivity contribution in [3.8, 4) is 22.8 Å². The molecule has 0 bridgehead atoms. The number of hydrogen-bond donors (Lipinski definition) is 2. The Balaban J connectivity index is 1.71. The number of aromatic nitrogens is 2. The SMILES string of the molecule is O=C(O)c1cc(-c2cc3c(cc2Cl)OCC2(CC2)CO3)n[nH]1. The molecule has 1 spiro atoms. The molecule has 7 heteroatoms. The van der Waals surface area contributed by atoms with Gasteiger partial charge in [-0.2, -0.15) is 5.10 Å². The molecule has 1 fully saturated rings. The largest absolute Gasteiger partial charge is 0.489 e. The van der Waals surface area contributed by atoms with Crippen LogP contribution in [0.4, 0.5) is 0 Å². The van der Waals surface area contributed by atoms with Gasteiger partial charge in [0.25, 0.3) is 0 Å². The number of carboxylic acids is 1. The molecule has 6 nitrogen and oxygen atoms in total. The Labute approximate surface area is 131 Å². The third-order valence-corrected chi connectivity index (χ3v) is 4.46. The number of ether oxygens (including phenoxy) is 2. The maximum atomic E-state index is 10.9.